The van der Waals surface area contributed by atoms with Crippen LogP contribution in [0.4, 0.5) is 0 Å². The van der Waals surface area contributed by atoms with Crippen LogP contribution in [0.3, 0.4) is 0 Å². The molecule has 5 heteroatoms. The average Bonchev–Trinajstić information content (AvgIpc) is 2.47. The molecule has 1 heterocycles. The zero-order valence-corrected chi connectivity index (χ0v) is 15.3. The molecule has 0 unspecified atom stereocenters. The first kappa shape index (κ1) is 17.0. The van der Waals surface area contributed by atoms with Crippen molar-refractivity contribution >= 4 is 24.0 Å². The van der Waals surface area contributed by atoms with E-state index >= 15 is 0 Å². The second-order valence-electron chi connectivity index (χ2n) is 6.46. The third kappa shape index (κ3) is 3.70. The number of nitrogens with zero attached hydrogens (tertiary/aromatic N) is 1. The third-order valence-corrected chi connectivity index (χ3v) is 5.16. The van der Waals surface area contributed by atoms with Crippen LogP contribution in [0.5, 0.6) is 0 Å². The van der Waals surface area contributed by atoms with Crippen molar-refractivity contribution in [3.63, 3.8) is 0 Å². The Hall–Kier alpha value is -1.33. The summed E-state index contributed by atoms with van der Waals surface area (Å²) in [5.41, 5.74) is 3.09. The van der Waals surface area contributed by atoms with Gasteiger partial charge in [-0.1, -0.05) is 32.9 Å². The van der Waals surface area contributed by atoms with Crippen LogP contribution in [0, 0.1) is 11.7 Å². The van der Waals surface area contributed by atoms with Crippen molar-refractivity contribution in [1.82, 2.24) is 9.55 Å². The minimum absolute atomic E-state index is 0.0255. The molecule has 0 atom stereocenters. The summed E-state index contributed by atoms with van der Waals surface area (Å²) in [6.45, 7) is 8.46. The molecule has 118 valence electrons. The molecule has 1 N–H and O–H groups in total. The Morgan fingerprint density at radius 3 is 2.36 bits per heavy atom. The van der Waals surface area contributed by atoms with Crippen LogP contribution in [0.15, 0.2) is 34.0 Å². The Kier molecular flexibility index (Phi) is 4.97. The summed E-state index contributed by atoms with van der Waals surface area (Å²) >= 11 is 6.88. The predicted molar refractivity (Wildman–Crippen MR) is 96.3 cm³/mol. The molecule has 0 amide bonds. The molecule has 3 nitrogen and oxygen atoms in total. The molecule has 0 spiro atoms. The second kappa shape index (κ2) is 6.42. The number of rotatable bonds is 3. The molecule has 0 aliphatic rings. The van der Waals surface area contributed by atoms with Crippen LogP contribution in [-0.4, -0.2) is 9.55 Å². The highest BCUT2D eigenvalue weighted by Gasteiger charge is 2.13. The van der Waals surface area contributed by atoms with E-state index < -0.39 is 0 Å². The largest absolute Gasteiger partial charge is 0.335 e. The van der Waals surface area contributed by atoms with Crippen LogP contribution >= 0.6 is 24.0 Å². The third-order valence-electron chi connectivity index (χ3n) is 3.74. The van der Waals surface area contributed by atoms with Gasteiger partial charge in [0.25, 0.3) is 5.56 Å². The molecule has 22 heavy (non-hydrogen) atoms. The first-order valence-corrected chi connectivity index (χ1v) is 8.61. The number of hydrogen-bond donors (Lipinski definition) is 1. The fourth-order valence-electron chi connectivity index (χ4n) is 2.13. The lowest BCUT2D eigenvalue weighted by molar-refractivity contribution is 0.590. The highest BCUT2D eigenvalue weighted by Crippen LogP contribution is 2.27. The van der Waals surface area contributed by atoms with Gasteiger partial charge < -0.3 is 4.98 Å². The van der Waals surface area contributed by atoms with E-state index in [-0.39, 0.29) is 11.0 Å². The fraction of sp³-hybridized carbons (Fsp3) is 0.412. The van der Waals surface area contributed by atoms with Gasteiger partial charge in [-0.2, -0.15) is 0 Å². The molecule has 0 bridgehead atoms. The lowest BCUT2D eigenvalue weighted by Crippen LogP contribution is -2.23. The quantitative estimate of drug-likeness (QED) is 0.670. The van der Waals surface area contributed by atoms with E-state index in [0.717, 1.165) is 11.3 Å². The Morgan fingerprint density at radius 1 is 1.23 bits per heavy atom. The SMILES string of the molecule is Cc1c(CSc2ccc(C(C)(C)C)cc2)[nH]c(=S)n(C)c1=O. The second-order valence-corrected chi connectivity index (χ2v) is 7.90. The summed E-state index contributed by atoms with van der Waals surface area (Å²) in [6, 6.07) is 8.61. The highest BCUT2D eigenvalue weighted by molar-refractivity contribution is 7.98. The highest BCUT2D eigenvalue weighted by atomic mass is 32.2. The molecule has 1 aromatic carbocycles. The first-order valence-electron chi connectivity index (χ1n) is 7.22. The van der Waals surface area contributed by atoms with E-state index in [0.29, 0.717) is 10.5 Å². The summed E-state index contributed by atoms with van der Waals surface area (Å²) in [6.07, 6.45) is 0. The zero-order chi connectivity index (χ0) is 16.5. The number of thioether (sulfide) groups is 1. The van der Waals surface area contributed by atoms with Crippen LogP contribution in [-0.2, 0) is 18.2 Å². The van der Waals surface area contributed by atoms with Crippen molar-refractivity contribution in [2.24, 2.45) is 7.05 Å². The minimum atomic E-state index is -0.0255. The number of H-pyrrole nitrogens is 1. The van der Waals surface area contributed by atoms with Gasteiger partial charge in [-0.3, -0.25) is 9.36 Å². The standard InChI is InChI=1S/C17H22N2OS2/c1-11-14(18-16(21)19(5)15(11)20)10-22-13-8-6-12(7-9-13)17(2,3)4/h6-9H,10H2,1-5H3,(H,18,21). The lowest BCUT2D eigenvalue weighted by Gasteiger charge is -2.19. The number of benzene rings is 1. The van der Waals surface area contributed by atoms with Crippen LogP contribution in [0.2, 0.25) is 0 Å². The first-order chi connectivity index (χ1) is 10.2. The van der Waals surface area contributed by atoms with Gasteiger partial charge in [0.1, 0.15) is 0 Å². The number of hydrogen-bond acceptors (Lipinski definition) is 3. The van der Waals surface area contributed by atoms with E-state index in [4.69, 9.17) is 12.2 Å². The Balaban J connectivity index is 2.18. The monoisotopic (exact) mass is 334 g/mol. The Labute approximate surface area is 140 Å². The van der Waals surface area contributed by atoms with Crippen molar-refractivity contribution in [3.05, 3.63) is 56.2 Å². The van der Waals surface area contributed by atoms with Crippen molar-refractivity contribution < 1.29 is 0 Å². The summed E-state index contributed by atoms with van der Waals surface area (Å²) < 4.78 is 1.94. The molecule has 0 radical (unpaired) electrons. The van der Waals surface area contributed by atoms with Gasteiger partial charge in [0, 0.05) is 29.0 Å². The van der Waals surface area contributed by atoms with Gasteiger partial charge in [-0.05, 0) is 42.3 Å². The van der Waals surface area contributed by atoms with Crippen LogP contribution < -0.4 is 5.56 Å². The summed E-state index contributed by atoms with van der Waals surface area (Å²) in [7, 11) is 1.69. The molecule has 0 saturated carbocycles. The van der Waals surface area contributed by atoms with Gasteiger partial charge in [-0.15, -0.1) is 11.8 Å². The number of aromatic nitrogens is 2. The molecular weight excluding hydrogens is 312 g/mol. The van der Waals surface area contributed by atoms with Gasteiger partial charge in [0.2, 0.25) is 0 Å². The van der Waals surface area contributed by atoms with Gasteiger partial charge in [-0.25, -0.2) is 0 Å². The van der Waals surface area contributed by atoms with Crippen LogP contribution in [0.1, 0.15) is 37.6 Å². The molecule has 1 aromatic heterocycles. The van der Waals surface area contributed by atoms with E-state index in [1.807, 2.05) is 6.92 Å². The van der Waals surface area contributed by atoms with Gasteiger partial charge >= 0.3 is 0 Å². The molecule has 2 rings (SSSR count). The smallest absolute Gasteiger partial charge is 0.257 e. The van der Waals surface area contributed by atoms with E-state index in [2.05, 4.69) is 50.0 Å². The maximum absolute atomic E-state index is 12.0. The summed E-state index contributed by atoms with van der Waals surface area (Å²) in [4.78, 5) is 16.4. The average molecular weight is 335 g/mol. The summed E-state index contributed by atoms with van der Waals surface area (Å²) in [5.74, 6) is 0.709. The summed E-state index contributed by atoms with van der Waals surface area (Å²) in [5, 5.41) is 0. The molecular formula is C17H22N2OS2. The van der Waals surface area contributed by atoms with Gasteiger partial charge in [0.05, 0.1) is 0 Å². The maximum Gasteiger partial charge on any atom is 0.257 e. The minimum Gasteiger partial charge on any atom is -0.335 e. The normalized spacial score (nSPS) is 11.7. The van der Waals surface area contributed by atoms with E-state index in [9.17, 15) is 4.79 Å². The maximum atomic E-state index is 12.0. The Morgan fingerprint density at radius 2 is 1.82 bits per heavy atom. The van der Waals surface area contributed by atoms with E-state index in [1.54, 1.807) is 18.8 Å². The van der Waals surface area contributed by atoms with Crippen molar-refractivity contribution in [3.8, 4) is 0 Å². The molecule has 0 aliphatic heterocycles. The predicted octanol–water partition coefficient (Wildman–Crippen LogP) is 4.34. The fourth-order valence-corrected chi connectivity index (χ4v) is 3.26. The lowest BCUT2D eigenvalue weighted by atomic mass is 9.87. The topological polar surface area (TPSA) is 37.8 Å². The Bertz CT molecular complexity index is 780. The molecule has 0 saturated heterocycles. The van der Waals surface area contributed by atoms with Crippen molar-refractivity contribution in [2.45, 2.75) is 43.8 Å². The molecule has 2 aromatic rings. The van der Waals surface area contributed by atoms with E-state index in [1.165, 1.54) is 15.0 Å². The van der Waals surface area contributed by atoms with Crippen molar-refractivity contribution in [1.29, 1.82) is 0 Å². The van der Waals surface area contributed by atoms with Gasteiger partial charge in [0.15, 0.2) is 4.77 Å². The zero-order valence-electron chi connectivity index (χ0n) is 13.7. The number of nitrogens with one attached hydrogen (secondary N) is 1. The van der Waals surface area contributed by atoms with Crippen molar-refractivity contribution in [2.75, 3.05) is 0 Å². The number of aromatic amines is 1. The van der Waals surface area contributed by atoms with Crippen LogP contribution in [0.25, 0.3) is 0 Å². The molecule has 0 fully saturated rings. The molecule has 0 aliphatic carbocycles.